The number of thioether (sulfide) groups is 1. The average Bonchev–Trinajstić information content (AvgIpc) is 2.50. The maximum Gasteiger partial charge on any atom is 0.142 e. The molecule has 1 aliphatic heterocycles. The van der Waals surface area contributed by atoms with E-state index in [1.807, 2.05) is 23.9 Å². The first-order chi connectivity index (χ1) is 10.2. The third-order valence-corrected chi connectivity index (χ3v) is 5.41. The van der Waals surface area contributed by atoms with Crippen molar-refractivity contribution in [1.82, 2.24) is 4.98 Å². The van der Waals surface area contributed by atoms with Crippen LogP contribution in [0.4, 0.5) is 5.82 Å². The number of halogens is 1. The van der Waals surface area contributed by atoms with Gasteiger partial charge in [0.2, 0.25) is 0 Å². The van der Waals surface area contributed by atoms with Crippen LogP contribution >= 0.6 is 27.7 Å². The van der Waals surface area contributed by atoms with Gasteiger partial charge in [0.1, 0.15) is 17.6 Å². The molecule has 3 nitrogen and oxygen atoms in total. The molecule has 0 bridgehead atoms. The van der Waals surface area contributed by atoms with Crippen molar-refractivity contribution in [2.75, 3.05) is 11.1 Å². The van der Waals surface area contributed by atoms with E-state index in [1.165, 1.54) is 10.5 Å². The van der Waals surface area contributed by atoms with E-state index in [4.69, 9.17) is 5.26 Å². The SMILES string of the molecule is CC1CSc2ccc(Br)cc2C1Nc1cccc(C#N)n1. The van der Waals surface area contributed by atoms with Crippen LogP contribution in [0.3, 0.4) is 0 Å². The Labute approximate surface area is 136 Å². The Morgan fingerprint density at radius 1 is 1.38 bits per heavy atom. The molecule has 21 heavy (non-hydrogen) atoms. The summed E-state index contributed by atoms with van der Waals surface area (Å²) in [6.07, 6.45) is 0. The maximum absolute atomic E-state index is 8.96. The van der Waals surface area contributed by atoms with Crippen LogP contribution in [-0.2, 0) is 0 Å². The summed E-state index contributed by atoms with van der Waals surface area (Å²) < 4.78 is 1.08. The van der Waals surface area contributed by atoms with Gasteiger partial charge >= 0.3 is 0 Å². The molecule has 5 heteroatoms. The molecule has 0 aliphatic carbocycles. The van der Waals surface area contributed by atoms with Crippen LogP contribution in [0, 0.1) is 17.2 Å². The van der Waals surface area contributed by atoms with Crippen LogP contribution < -0.4 is 5.32 Å². The van der Waals surface area contributed by atoms with Crippen LogP contribution in [0.25, 0.3) is 0 Å². The number of hydrogen-bond acceptors (Lipinski definition) is 4. The third kappa shape index (κ3) is 3.07. The smallest absolute Gasteiger partial charge is 0.142 e. The number of hydrogen-bond donors (Lipinski definition) is 1. The lowest BCUT2D eigenvalue weighted by Crippen LogP contribution is -2.25. The quantitative estimate of drug-likeness (QED) is 0.850. The zero-order valence-electron chi connectivity index (χ0n) is 11.5. The molecule has 1 aromatic heterocycles. The highest BCUT2D eigenvalue weighted by Crippen LogP contribution is 2.42. The number of fused-ring (bicyclic) bond motifs is 1. The monoisotopic (exact) mass is 359 g/mol. The standard InChI is InChI=1S/C16H14BrN3S/c1-10-9-21-14-6-5-11(17)7-13(14)16(10)20-15-4-2-3-12(8-18)19-15/h2-7,10,16H,9H2,1H3,(H,19,20). The number of benzene rings is 1. The van der Waals surface area contributed by atoms with Gasteiger partial charge in [-0.3, -0.25) is 0 Å². The van der Waals surface area contributed by atoms with E-state index >= 15 is 0 Å². The summed E-state index contributed by atoms with van der Waals surface area (Å²) in [4.78, 5) is 5.63. The number of pyridine rings is 1. The van der Waals surface area contributed by atoms with Crippen LogP contribution in [-0.4, -0.2) is 10.7 Å². The fourth-order valence-corrected chi connectivity index (χ4v) is 4.00. The van der Waals surface area contributed by atoms with Gasteiger partial charge in [-0.25, -0.2) is 4.98 Å². The molecule has 2 atom stereocenters. The molecule has 0 saturated heterocycles. The summed E-state index contributed by atoms with van der Waals surface area (Å²) in [5, 5.41) is 12.5. The number of rotatable bonds is 2. The van der Waals surface area contributed by atoms with E-state index in [9.17, 15) is 0 Å². The van der Waals surface area contributed by atoms with Crippen molar-refractivity contribution in [2.24, 2.45) is 5.92 Å². The fourth-order valence-electron chi connectivity index (χ4n) is 2.47. The molecule has 1 aliphatic rings. The Morgan fingerprint density at radius 2 is 2.24 bits per heavy atom. The Hall–Kier alpha value is -1.51. The number of nitrogens with zero attached hydrogens (tertiary/aromatic N) is 2. The highest BCUT2D eigenvalue weighted by atomic mass is 79.9. The van der Waals surface area contributed by atoms with E-state index in [1.54, 1.807) is 6.07 Å². The second kappa shape index (κ2) is 6.08. The van der Waals surface area contributed by atoms with Gasteiger partial charge in [0.15, 0.2) is 0 Å². The van der Waals surface area contributed by atoms with Gasteiger partial charge in [-0.1, -0.05) is 28.9 Å². The molecule has 2 aromatic rings. The van der Waals surface area contributed by atoms with Crippen molar-refractivity contribution in [3.05, 3.63) is 52.1 Å². The van der Waals surface area contributed by atoms with Crippen molar-refractivity contribution < 1.29 is 0 Å². The van der Waals surface area contributed by atoms with Gasteiger partial charge in [0.25, 0.3) is 0 Å². The highest BCUT2D eigenvalue weighted by Gasteiger charge is 2.27. The van der Waals surface area contributed by atoms with Crippen LogP contribution in [0.5, 0.6) is 0 Å². The minimum atomic E-state index is 0.209. The molecule has 0 amide bonds. The minimum absolute atomic E-state index is 0.209. The molecule has 2 unspecified atom stereocenters. The van der Waals surface area contributed by atoms with E-state index in [0.29, 0.717) is 11.6 Å². The molecule has 106 valence electrons. The molecule has 0 radical (unpaired) electrons. The van der Waals surface area contributed by atoms with Crippen LogP contribution in [0.2, 0.25) is 0 Å². The number of nitrogens with one attached hydrogen (secondary N) is 1. The molecule has 3 rings (SSSR count). The van der Waals surface area contributed by atoms with Crippen LogP contribution in [0.15, 0.2) is 45.8 Å². The molecule has 0 fully saturated rings. The van der Waals surface area contributed by atoms with Crippen molar-refractivity contribution in [2.45, 2.75) is 17.9 Å². The largest absolute Gasteiger partial charge is 0.363 e. The van der Waals surface area contributed by atoms with Gasteiger partial charge in [0.05, 0.1) is 6.04 Å². The van der Waals surface area contributed by atoms with Gasteiger partial charge < -0.3 is 5.32 Å². The molecular weight excluding hydrogens is 346 g/mol. The number of anilines is 1. The molecule has 1 N–H and O–H groups in total. The normalized spacial score (nSPS) is 20.4. The Bertz CT molecular complexity index is 711. The highest BCUT2D eigenvalue weighted by molar-refractivity contribution is 9.10. The maximum atomic E-state index is 8.96. The number of aromatic nitrogens is 1. The van der Waals surface area contributed by atoms with E-state index in [2.05, 4.69) is 57.4 Å². The average molecular weight is 360 g/mol. The fraction of sp³-hybridized carbons (Fsp3) is 0.250. The summed E-state index contributed by atoms with van der Waals surface area (Å²) >= 11 is 5.44. The van der Waals surface area contributed by atoms with Gasteiger partial charge in [0, 0.05) is 15.1 Å². The van der Waals surface area contributed by atoms with E-state index < -0.39 is 0 Å². The lowest BCUT2D eigenvalue weighted by atomic mass is 9.95. The number of nitriles is 1. The van der Waals surface area contributed by atoms with Gasteiger partial charge in [-0.05, 0) is 41.8 Å². The second-order valence-corrected chi connectivity index (χ2v) is 7.09. The predicted octanol–water partition coefficient (Wildman–Crippen LogP) is 4.61. The topological polar surface area (TPSA) is 48.7 Å². The predicted molar refractivity (Wildman–Crippen MR) is 89.3 cm³/mol. The summed E-state index contributed by atoms with van der Waals surface area (Å²) in [5.41, 5.74) is 1.73. The molecule has 2 heterocycles. The second-order valence-electron chi connectivity index (χ2n) is 5.11. The Balaban J connectivity index is 1.94. The molecule has 0 saturated carbocycles. The Morgan fingerprint density at radius 3 is 3.05 bits per heavy atom. The lowest BCUT2D eigenvalue weighted by molar-refractivity contribution is 0.537. The van der Waals surface area contributed by atoms with Gasteiger partial charge in [-0.2, -0.15) is 5.26 Å². The minimum Gasteiger partial charge on any atom is -0.363 e. The molecule has 0 spiro atoms. The van der Waals surface area contributed by atoms with Crippen molar-refractivity contribution in [3.8, 4) is 6.07 Å². The zero-order valence-corrected chi connectivity index (χ0v) is 13.9. The first-order valence-electron chi connectivity index (χ1n) is 6.73. The molecule has 1 aromatic carbocycles. The summed E-state index contributed by atoms with van der Waals surface area (Å²) in [6.45, 7) is 2.24. The molecular formula is C16H14BrN3S. The van der Waals surface area contributed by atoms with E-state index in [0.717, 1.165) is 16.0 Å². The third-order valence-electron chi connectivity index (χ3n) is 3.54. The summed E-state index contributed by atoms with van der Waals surface area (Å²) in [6, 6.07) is 14.2. The Kier molecular flexibility index (Phi) is 4.18. The first kappa shape index (κ1) is 14.4. The zero-order chi connectivity index (χ0) is 14.8. The first-order valence-corrected chi connectivity index (χ1v) is 8.51. The van der Waals surface area contributed by atoms with Gasteiger partial charge in [-0.15, -0.1) is 11.8 Å². The lowest BCUT2D eigenvalue weighted by Gasteiger charge is -2.32. The summed E-state index contributed by atoms with van der Waals surface area (Å²) in [5.74, 6) is 2.32. The van der Waals surface area contributed by atoms with Crippen molar-refractivity contribution in [3.63, 3.8) is 0 Å². The summed E-state index contributed by atoms with van der Waals surface area (Å²) in [7, 11) is 0. The van der Waals surface area contributed by atoms with E-state index in [-0.39, 0.29) is 6.04 Å². The van der Waals surface area contributed by atoms with Crippen molar-refractivity contribution >= 4 is 33.5 Å². The van der Waals surface area contributed by atoms with Crippen molar-refractivity contribution in [1.29, 1.82) is 5.26 Å². The van der Waals surface area contributed by atoms with Crippen LogP contribution in [0.1, 0.15) is 24.2 Å².